The van der Waals surface area contributed by atoms with Gasteiger partial charge in [0, 0.05) is 6.42 Å². The van der Waals surface area contributed by atoms with Gasteiger partial charge in [0.2, 0.25) is 0 Å². The molecule has 0 aromatic rings. The Morgan fingerprint density at radius 2 is 2.29 bits per heavy atom. The van der Waals surface area contributed by atoms with E-state index in [1.54, 1.807) is 13.8 Å². The van der Waals surface area contributed by atoms with Crippen LogP contribution < -0.4 is 0 Å². The number of esters is 2. The van der Waals surface area contributed by atoms with Crippen molar-refractivity contribution in [2.75, 3.05) is 6.61 Å². The molecule has 2 unspecified atom stereocenters. The maximum absolute atomic E-state index is 11.8. The molecule has 0 aliphatic carbocycles. The summed E-state index contributed by atoms with van der Waals surface area (Å²) in [5.74, 6) is -1.38. The van der Waals surface area contributed by atoms with E-state index in [0.717, 1.165) is 0 Å². The van der Waals surface area contributed by atoms with Crippen molar-refractivity contribution in [1.29, 1.82) is 5.26 Å². The fourth-order valence-corrected chi connectivity index (χ4v) is 1.32. The van der Waals surface area contributed by atoms with Crippen LogP contribution in [0.5, 0.6) is 0 Å². The second-order valence-corrected chi connectivity index (χ2v) is 4.82. The number of cyclic esters (lactones) is 1. The molecule has 0 saturated carbocycles. The first-order chi connectivity index (χ1) is 7.90. The van der Waals surface area contributed by atoms with Gasteiger partial charge >= 0.3 is 11.9 Å². The fourth-order valence-electron chi connectivity index (χ4n) is 1.32. The molecule has 2 atom stereocenters. The van der Waals surface area contributed by atoms with E-state index < -0.39 is 29.4 Å². The average Bonchev–Trinajstić information content (AvgIpc) is 2.31. The van der Waals surface area contributed by atoms with Gasteiger partial charge in [-0.15, -0.1) is 0 Å². The number of rotatable bonds is 3. The van der Waals surface area contributed by atoms with Crippen LogP contribution in [0.4, 0.5) is 0 Å². The monoisotopic (exact) mass is 239 g/mol. The van der Waals surface area contributed by atoms with Gasteiger partial charge in [0.05, 0.1) is 17.4 Å². The van der Waals surface area contributed by atoms with Crippen LogP contribution in [-0.4, -0.2) is 24.6 Å². The van der Waals surface area contributed by atoms with E-state index in [0.29, 0.717) is 6.42 Å². The molecule has 0 bridgehead atoms. The number of carbonyl (C=O) groups is 2. The smallest absolute Gasteiger partial charge is 0.347 e. The van der Waals surface area contributed by atoms with Gasteiger partial charge in [-0.05, 0) is 20.3 Å². The van der Waals surface area contributed by atoms with E-state index in [4.69, 9.17) is 14.7 Å². The number of ether oxygens (including phenoxy) is 2. The molecule has 1 saturated heterocycles. The maximum atomic E-state index is 11.8. The van der Waals surface area contributed by atoms with Crippen LogP contribution in [0.3, 0.4) is 0 Å². The third-order valence-corrected chi connectivity index (χ3v) is 3.06. The van der Waals surface area contributed by atoms with Crippen molar-refractivity contribution in [2.24, 2.45) is 11.3 Å². The molecule has 5 heteroatoms. The SMILES string of the molecule is CCC(C)(C)C(=O)OC1CC(C#N)COC1=O. The van der Waals surface area contributed by atoms with E-state index >= 15 is 0 Å². The second kappa shape index (κ2) is 5.17. The molecule has 0 amide bonds. The molecule has 0 aromatic heterocycles. The van der Waals surface area contributed by atoms with Gasteiger partial charge in [0.15, 0.2) is 6.10 Å². The van der Waals surface area contributed by atoms with Crippen molar-refractivity contribution in [3.05, 3.63) is 0 Å². The summed E-state index contributed by atoms with van der Waals surface area (Å²) < 4.78 is 9.93. The van der Waals surface area contributed by atoms with Gasteiger partial charge in [-0.25, -0.2) is 4.79 Å². The lowest BCUT2D eigenvalue weighted by molar-refractivity contribution is -0.180. The molecule has 1 fully saturated rings. The summed E-state index contributed by atoms with van der Waals surface area (Å²) in [4.78, 5) is 23.2. The number of hydrogen-bond acceptors (Lipinski definition) is 5. The first kappa shape index (κ1) is 13.5. The third-order valence-electron chi connectivity index (χ3n) is 3.06. The summed E-state index contributed by atoms with van der Waals surface area (Å²) in [5, 5.41) is 8.75. The zero-order valence-electron chi connectivity index (χ0n) is 10.4. The Hall–Kier alpha value is -1.57. The molecule has 0 aromatic carbocycles. The van der Waals surface area contributed by atoms with Crippen molar-refractivity contribution in [2.45, 2.75) is 39.7 Å². The van der Waals surface area contributed by atoms with Crippen LogP contribution in [0, 0.1) is 22.7 Å². The van der Waals surface area contributed by atoms with Crippen molar-refractivity contribution in [3.63, 3.8) is 0 Å². The molecule has 0 N–H and O–H groups in total. The molecule has 0 radical (unpaired) electrons. The zero-order valence-corrected chi connectivity index (χ0v) is 10.4. The van der Waals surface area contributed by atoms with Crippen molar-refractivity contribution in [3.8, 4) is 6.07 Å². The van der Waals surface area contributed by atoms with Gasteiger partial charge in [0.25, 0.3) is 0 Å². The van der Waals surface area contributed by atoms with Gasteiger partial charge in [-0.1, -0.05) is 6.92 Å². The van der Waals surface area contributed by atoms with Gasteiger partial charge < -0.3 is 9.47 Å². The Bertz CT molecular complexity index is 356. The highest BCUT2D eigenvalue weighted by atomic mass is 16.6. The lowest BCUT2D eigenvalue weighted by Gasteiger charge is -2.28. The quantitative estimate of drug-likeness (QED) is 0.696. The Kier molecular flexibility index (Phi) is 4.11. The van der Waals surface area contributed by atoms with Crippen molar-refractivity contribution < 1.29 is 19.1 Å². The number of nitriles is 1. The predicted octanol–water partition coefficient (Wildman–Crippen LogP) is 1.42. The van der Waals surface area contributed by atoms with Crippen LogP contribution in [-0.2, 0) is 19.1 Å². The normalized spacial score (nSPS) is 24.7. The Labute approximate surface area is 101 Å². The molecule has 1 aliphatic rings. The zero-order chi connectivity index (χ0) is 13.1. The third kappa shape index (κ3) is 3.19. The lowest BCUT2D eigenvalue weighted by atomic mass is 9.90. The highest BCUT2D eigenvalue weighted by molar-refractivity contribution is 5.82. The van der Waals surface area contributed by atoms with E-state index in [1.165, 1.54) is 0 Å². The fraction of sp³-hybridized carbons (Fsp3) is 0.750. The van der Waals surface area contributed by atoms with Gasteiger partial charge in [-0.3, -0.25) is 4.79 Å². The molecule has 1 aliphatic heterocycles. The van der Waals surface area contributed by atoms with Crippen LogP contribution in [0.15, 0.2) is 0 Å². The molecular formula is C12H17NO4. The van der Waals surface area contributed by atoms with E-state index in [9.17, 15) is 9.59 Å². The molecule has 17 heavy (non-hydrogen) atoms. The summed E-state index contributed by atoms with van der Waals surface area (Å²) in [6.45, 7) is 5.47. The molecule has 94 valence electrons. The summed E-state index contributed by atoms with van der Waals surface area (Å²) in [7, 11) is 0. The van der Waals surface area contributed by atoms with Crippen molar-refractivity contribution >= 4 is 11.9 Å². The first-order valence-electron chi connectivity index (χ1n) is 5.68. The molecular weight excluding hydrogens is 222 g/mol. The first-order valence-corrected chi connectivity index (χ1v) is 5.68. The number of carbonyl (C=O) groups excluding carboxylic acids is 2. The van der Waals surface area contributed by atoms with Crippen LogP contribution >= 0.6 is 0 Å². The van der Waals surface area contributed by atoms with E-state index in [2.05, 4.69) is 0 Å². The molecule has 5 nitrogen and oxygen atoms in total. The highest BCUT2D eigenvalue weighted by Gasteiger charge is 2.37. The number of hydrogen-bond donors (Lipinski definition) is 0. The van der Waals surface area contributed by atoms with E-state index in [-0.39, 0.29) is 13.0 Å². The summed E-state index contributed by atoms with van der Waals surface area (Å²) in [6.07, 6.45) is -0.0948. The Balaban J connectivity index is 2.64. The minimum Gasteiger partial charge on any atom is -0.462 e. The minimum atomic E-state index is -0.938. The maximum Gasteiger partial charge on any atom is 0.347 e. The lowest BCUT2D eigenvalue weighted by Crippen LogP contribution is -2.40. The molecule has 1 rings (SSSR count). The van der Waals surface area contributed by atoms with E-state index in [1.807, 2.05) is 13.0 Å². The van der Waals surface area contributed by atoms with Gasteiger partial charge in [-0.2, -0.15) is 5.26 Å². The van der Waals surface area contributed by atoms with Gasteiger partial charge in [0.1, 0.15) is 6.61 Å². The predicted molar refractivity (Wildman–Crippen MR) is 58.6 cm³/mol. The topological polar surface area (TPSA) is 76.4 Å². The molecule has 1 heterocycles. The second-order valence-electron chi connectivity index (χ2n) is 4.82. The van der Waals surface area contributed by atoms with Crippen LogP contribution in [0.2, 0.25) is 0 Å². The summed E-state index contributed by atoms with van der Waals surface area (Å²) in [6, 6.07) is 2.01. The number of nitrogens with zero attached hydrogens (tertiary/aromatic N) is 1. The standard InChI is InChI=1S/C12H17NO4/c1-4-12(2,3)11(15)17-9-5-8(6-13)7-16-10(9)14/h8-9H,4-5,7H2,1-3H3. The Morgan fingerprint density at radius 3 is 2.82 bits per heavy atom. The summed E-state index contributed by atoms with van der Waals surface area (Å²) >= 11 is 0. The van der Waals surface area contributed by atoms with Crippen LogP contribution in [0.25, 0.3) is 0 Å². The highest BCUT2D eigenvalue weighted by Crippen LogP contribution is 2.25. The molecule has 0 spiro atoms. The largest absolute Gasteiger partial charge is 0.462 e. The van der Waals surface area contributed by atoms with Crippen molar-refractivity contribution in [1.82, 2.24) is 0 Å². The van der Waals surface area contributed by atoms with Crippen LogP contribution in [0.1, 0.15) is 33.6 Å². The Morgan fingerprint density at radius 1 is 1.65 bits per heavy atom. The summed E-state index contributed by atoms with van der Waals surface area (Å²) in [5.41, 5.74) is -0.625. The average molecular weight is 239 g/mol. The minimum absolute atomic E-state index is 0.0839.